The fourth-order valence-electron chi connectivity index (χ4n) is 2.98. The van der Waals surface area contributed by atoms with E-state index >= 15 is 0 Å². The predicted molar refractivity (Wildman–Crippen MR) is 137 cm³/mol. The minimum absolute atomic E-state index is 0.127. The van der Waals surface area contributed by atoms with E-state index in [0.717, 1.165) is 33.6 Å². The van der Waals surface area contributed by atoms with Crippen molar-refractivity contribution in [1.82, 2.24) is 10.9 Å². The van der Waals surface area contributed by atoms with Gasteiger partial charge in [-0.1, -0.05) is 48.5 Å². The molecule has 0 aliphatic carbocycles. The van der Waals surface area contributed by atoms with Crippen LogP contribution in [0.3, 0.4) is 0 Å². The Hall–Kier alpha value is -4.46. The van der Waals surface area contributed by atoms with Gasteiger partial charge in [0.05, 0.1) is 25.5 Å². The van der Waals surface area contributed by atoms with Crippen LogP contribution in [0.25, 0.3) is 0 Å². The molecule has 0 aromatic heterocycles. The maximum Gasteiger partial charge on any atom is 0.259 e. The molecule has 3 aromatic carbocycles. The van der Waals surface area contributed by atoms with E-state index in [-0.39, 0.29) is 24.9 Å². The van der Waals surface area contributed by atoms with Gasteiger partial charge in [0.15, 0.2) is 0 Å². The van der Waals surface area contributed by atoms with E-state index in [1.165, 1.54) is 0 Å². The number of carbonyl (C=O) groups is 2. The van der Waals surface area contributed by atoms with Crippen molar-refractivity contribution in [3.63, 3.8) is 0 Å². The van der Waals surface area contributed by atoms with E-state index in [1.54, 1.807) is 12.4 Å². The molecule has 0 aliphatic heterocycles. The molecule has 0 radical (unpaired) electrons. The number of amides is 2. The molecular formula is C26H28N6O2. The monoisotopic (exact) mass is 456 g/mol. The Labute approximate surface area is 199 Å². The van der Waals surface area contributed by atoms with Crippen molar-refractivity contribution in [3.05, 3.63) is 95.1 Å². The van der Waals surface area contributed by atoms with E-state index in [9.17, 15) is 9.59 Å². The summed E-state index contributed by atoms with van der Waals surface area (Å²) in [6.07, 6.45) is 3.12. The molecular weight excluding hydrogens is 428 g/mol. The minimum Gasteiger partial charge on any atom is -0.376 e. The molecule has 0 saturated carbocycles. The third-order valence-electron chi connectivity index (χ3n) is 4.68. The van der Waals surface area contributed by atoms with Crippen LogP contribution in [-0.4, -0.2) is 37.3 Å². The van der Waals surface area contributed by atoms with E-state index in [0.29, 0.717) is 0 Å². The van der Waals surface area contributed by atoms with Crippen LogP contribution in [0.1, 0.15) is 22.3 Å². The van der Waals surface area contributed by atoms with Crippen LogP contribution in [0, 0.1) is 13.8 Å². The molecule has 174 valence electrons. The van der Waals surface area contributed by atoms with E-state index in [1.807, 2.05) is 86.6 Å². The van der Waals surface area contributed by atoms with Gasteiger partial charge >= 0.3 is 0 Å². The van der Waals surface area contributed by atoms with Gasteiger partial charge in [-0.25, -0.2) is 10.9 Å². The molecule has 0 fully saturated rings. The largest absolute Gasteiger partial charge is 0.376 e. The van der Waals surface area contributed by atoms with Crippen molar-refractivity contribution < 1.29 is 9.59 Å². The van der Waals surface area contributed by atoms with Crippen LogP contribution in [0.5, 0.6) is 0 Å². The maximum absolute atomic E-state index is 11.9. The Morgan fingerprint density at radius 2 is 1.09 bits per heavy atom. The summed E-state index contributed by atoms with van der Waals surface area (Å²) in [5.74, 6) is -0.483. The fourth-order valence-corrected chi connectivity index (χ4v) is 2.98. The van der Waals surface area contributed by atoms with Gasteiger partial charge in [-0.3, -0.25) is 9.59 Å². The first-order chi connectivity index (χ1) is 16.5. The van der Waals surface area contributed by atoms with Crippen molar-refractivity contribution in [2.24, 2.45) is 10.2 Å². The number of benzene rings is 3. The average molecular weight is 457 g/mol. The Morgan fingerprint density at radius 3 is 1.47 bits per heavy atom. The number of aryl methyl sites for hydroxylation is 2. The first-order valence-corrected chi connectivity index (χ1v) is 10.8. The average Bonchev–Trinajstić information content (AvgIpc) is 2.83. The lowest BCUT2D eigenvalue weighted by Crippen LogP contribution is -2.25. The Kier molecular flexibility index (Phi) is 8.92. The highest BCUT2D eigenvalue weighted by molar-refractivity contribution is 5.87. The van der Waals surface area contributed by atoms with Gasteiger partial charge in [0, 0.05) is 11.4 Å². The second-order valence-corrected chi connectivity index (χ2v) is 7.70. The van der Waals surface area contributed by atoms with E-state index < -0.39 is 0 Å². The van der Waals surface area contributed by atoms with Crippen molar-refractivity contribution in [2.75, 3.05) is 23.7 Å². The molecule has 0 aliphatic rings. The standard InChI is InChI=1S/C26H28N6O2/c1-19-5-3-7-23(13-19)27-17-25(33)31-29-15-21-9-11-22(12-10-21)16-30-32-26(34)18-28-24-8-4-6-20(2)14-24/h3-16,27-28H,17-18H2,1-2H3,(H,31,33)(H,32,34). The van der Waals surface area contributed by atoms with Crippen molar-refractivity contribution in [3.8, 4) is 0 Å². The highest BCUT2D eigenvalue weighted by atomic mass is 16.2. The van der Waals surface area contributed by atoms with Crippen LogP contribution in [-0.2, 0) is 9.59 Å². The molecule has 4 N–H and O–H groups in total. The van der Waals surface area contributed by atoms with Crippen molar-refractivity contribution in [2.45, 2.75) is 13.8 Å². The molecule has 0 spiro atoms. The number of hydrogen-bond acceptors (Lipinski definition) is 6. The Morgan fingerprint density at radius 1 is 0.676 bits per heavy atom. The van der Waals surface area contributed by atoms with Crippen LogP contribution in [0.2, 0.25) is 0 Å². The molecule has 8 heteroatoms. The summed E-state index contributed by atoms with van der Waals surface area (Å²) >= 11 is 0. The Balaban J connectivity index is 1.37. The quantitative estimate of drug-likeness (QED) is 0.277. The summed E-state index contributed by atoms with van der Waals surface area (Å²) in [4.78, 5) is 23.8. The number of nitrogens with one attached hydrogen (secondary N) is 4. The van der Waals surface area contributed by atoms with Crippen LogP contribution in [0.4, 0.5) is 11.4 Å². The zero-order valence-electron chi connectivity index (χ0n) is 19.2. The minimum atomic E-state index is -0.242. The number of hydrogen-bond donors (Lipinski definition) is 4. The lowest BCUT2D eigenvalue weighted by Gasteiger charge is -2.06. The molecule has 34 heavy (non-hydrogen) atoms. The van der Waals surface area contributed by atoms with Crippen LogP contribution in [0.15, 0.2) is 83.0 Å². The third kappa shape index (κ3) is 8.58. The van der Waals surface area contributed by atoms with Crippen molar-refractivity contribution in [1.29, 1.82) is 0 Å². The molecule has 2 amide bonds. The van der Waals surface area contributed by atoms with Gasteiger partial charge in [0.25, 0.3) is 11.8 Å². The molecule has 0 bridgehead atoms. The van der Waals surface area contributed by atoms with Gasteiger partial charge in [-0.05, 0) is 60.4 Å². The van der Waals surface area contributed by atoms with Gasteiger partial charge < -0.3 is 10.6 Å². The fraction of sp³-hybridized carbons (Fsp3) is 0.154. The normalized spacial score (nSPS) is 10.9. The smallest absolute Gasteiger partial charge is 0.259 e. The first kappa shape index (κ1) is 24.2. The molecule has 0 heterocycles. The van der Waals surface area contributed by atoms with Gasteiger partial charge in [0.1, 0.15) is 0 Å². The predicted octanol–water partition coefficient (Wildman–Crippen LogP) is 3.43. The molecule has 0 saturated heterocycles. The number of anilines is 2. The van der Waals surface area contributed by atoms with Gasteiger partial charge in [0.2, 0.25) is 0 Å². The van der Waals surface area contributed by atoms with E-state index in [4.69, 9.17) is 0 Å². The van der Waals surface area contributed by atoms with E-state index in [2.05, 4.69) is 31.7 Å². The zero-order chi connectivity index (χ0) is 24.2. The lowest BCUT2D eigenvalue weighted by atomic mass is 10.2. The second-order valence-electron chi connectivity index (χ2n) is 7.70. The molecule has 3 aromatic rings. The topological polar surface area (TPSA) is 107 Å². The molecule has 8 nitrogen and oxygen atoms in total. The summed E-state index contributed by atoms with van der Waals surface area (Å²) in [5.41, 5.74) is 10.6. The SMILES string of the molecule is Cc1cccc(NCC(=O)NN=Cc2ccc(C=NNC(=O)CNc3cccc(C)c3)cc2)c1. The zero-order valence-corrected chi connectivity index (χ0v) is 19.2. The molecule has 0 unspecified atom stereocenters. The highest BCUT2D eigenvalue weighted by Crippen LogP contribution is 2.09. The Bertz CT molecular complexity index is 1080. The van der Waals surface area contributed by atoms with Crippen LogP contribution < -0.4 is 21.5 Å². The summed E-state index contributed by atoms with van der Waals surface area (Å²) < 4.78 is 0. The van der Waals surface area contributed by atoms with Crippen LogP contribution >= 0.6 is 0 Å². The number of nitrogens with zero attached hydrogens (tertiary/aromatic N) is 2. The third-order valence-corrected chi connectivity index (χ3v) is 4.68. The summed E-state index contributed by atoms with van der Waals surface area (Å²) in [6, 6.07) is 22.9. The maximum atomic E-state index is 11.9. The number of carbonyl (C=O) groups excluding carboxylic acids is 2. The molecule has 3 rings (SSSR count). The highest BCUT2D eigenvalue weighted by Gasteiger charge is 2.01. The summed E-state index contributed by atoms with van der Waals surface area (Å²) in [6.45, 7) is 4.24. The number of rotatable bonds is 10. The second kappa shape index (κ2) is 12.5. The van der Waals surface area contributed by atoms with Crippen molar-refractivity contribution >= 4 is 35.6 Å². The molecule has 0 atom stereocenters. The lowest BCUT2D eigenvalue weighted by molar-refractivity contribution is -0.120. The number of hydrazone groups is 2. The summed E-state index contributed by atoms with van der Waals surface area (Å²) in [5, 5.41) is 14.1. The van der Waals surface area contributed by atoms with Gasteiger partial charge in [-0.15, -0.1) is 0 Å². The van der Waals surface area contributed by atoms with Gasteiger partial charge in [-0.2, -0.15) is 10.2 Å². The first-order valence-electron chi connectivity index (χ1n) is 10.8. The summed E-state index contributed by atoms with van der Waals surface area (Å²) in [7, 11) is 0.